The summed E-state index contributed by atoms with van der Waals surface area (Å²) in [4.78, 5) is 7.35. The van der Waals surface area contributed by atoms with Crippen LogP contribution in [0.5, 0.6) is 0 Å². The van der Waals surface area contributed by atoms with Crippen molar-refractivity contribution in [3.63, 3.8) is 0 Å². The molecule has 0 bridgehead atoms. The zero-order valence-electron chi connectivity index (χ0n) is 16.7. The Hall–Kier alpha value is -0.900. The van der Waals surface area contributed by atoms with Gasteiger partial charge in [-0.05, 0) is 45.7 Å². The van der Waals surface area contributed by atoms with Crippen molar-refractivity contribution in [2.75, 3.05) is 32.7 Å². The largest absolute Gasteiger partial charge is 0.357 e. The average Bonchev–Trinajstić information content (AvgIpc) is 3.07. The summed E-state index contributed by atoms with van der Waals surface area (Å²) in [5.74, 6) is 2.79. The molecule has 1 saturated heterocycles. The van der Waals surface area contributed by atoms with Crippen LogP contribution in [0, 0.1) is 5.92 Å². The van der Waals surface area contributed by atoms with Crippen LogP contribution in [0.4, 0.5) is 0 Å². The second kappa shape index (κ2) is 12.5. The van der Waals surface area contributed by atoms with E-state index in [1.807, 2.05) is 0 Å². The predicted octanol–water partition coefficient (Wildman–Crippen LogP) is 2.13. The van der Waals surface area contributed by atoms with Crippen LogP contribution >= 0.6 is 24.0 Å². The molecule has 150 valence electrons. The fraction of sp³-hybridized carbons (Fsp3) is 0.833. The van der Waals surface area contributed by atoms with Crippen LogP contribution in [0.1, 0.15) is 46.4 Å². The average molecular weight is 477 g/mol. The molecule has 0 amide bonds. The molecule has 0 radical (unpaired) electrons. The van der Waals surface area contributed by atoms with Gasteiger partial charge in [-0.2, -0.15) is 0 Å². The summed E-state index contributed by atoms with van der Waals surface area (Å²) in [7, 11) is 0. The van der Waals surface area contributed by atoms with Crippen molar-refractivity contribution in [3.05, 3.63) is 12.2 Å². The monoisotopic (exact) mass is 477 g/mol. The third kappa shape index (κ3) is 7.38. The van der Waals surface area contributed by atoms with E-state index in [4.69, 9.17) is 4.99 Å². The van der Waals surface area contributed by atoms with Gasteiger partial charge in [0, 0.05) is 32.1 Å². The van der Waals surface area contributed by atoms with E-state index < -0.39 is 0 Å². The van der Waals surface area contributed by atoms with E-state index in [9.17, 15) is 0 Å². The smallest absolute Gasteiger partial charge is 0.191 e. The first kappa shape index (κ1) is 23.1. The zero-order valence-corrected chi connectivity index (χ0v) is 19.1. The molecule has 1 aliphatic heterocycles. The van der Waals surface area contributed by atoms with Gasteiger partial charge in [0.05, 0.1) is 6.54 Å². The van der Waals surface area contributed by atoms with Crippen LogP contribution in [-0.4, -0.2) is 64.4 Å². The number of piperidine rings is 1. The normalized spacial score (nSPS) is 17.6. The van der Waals surface area contributed by atoms with Gasteiger partial charge in [0.15, 0.2) is 5.96 Å². The summed E-state index contributed by atoms with van der Waals surface area (Å²) < 4.78 is 2.09. The molecule has 7 nitrogen and oxygen atoms in total. The van der Waals surface area contributed by atoms with Crippen LogP contribution in [0.25, 0.3) is 0 Å². The summed E-state index contributed by atoms with van der Waals surface area (Å²) in [5.41, 5.74) is 0. The van der Waals surface area contributed by atoms with Crippen molar-refractivity contribution in [1.82, 2.24) is 30.3 Å². The minimum absolute atomic E-state index is 0. The van der Waals surface area contributed by atoms with Crippen molar-refractivity contribution in [3.8, 4) is 0 Å². The molecule has 2 heterocycles. The summed E-state index contributed by atoms with van der Waals surface area (Å²) in [5, 5.41) is 14.9. The summed E-state index contributed by atoms with van der Waals surface area (Å²) in [6.45, 7) is 14.6. The minimum atomic E-state index is 0. The molecule has 0 saturated carbocycles. The van der Waals surface area contributed by atoms with Crippen molar-refractivity contribution in [2.45, 2.75) is 59.5 Å². The lowest BCUT2D eigenvalue weighted by molar-refractivity contribution is 0.150. The molecule has 1 aromatic heterocycles. The van der Waals surface area contributed by atoms with Gasteiger partial charge in [-0.3, -0.25) is 9.89 Å². The maximum atomic E-state index is 4.78. The molecule has 26 heavy (non-hydrogen) atoms. The molecule has 1 unspecified atom stereocenters. The fourth-order valence-electron chi connectivity index (χ4n) is 3.18. The molecule has 1 fully saturated rings. The van der Waals surface area contributed by atoms with Gasteiger partial charge in [0.2, 0.25) is 0 Å². The standard InChI is InChI=1S/C18H35N7.HI/c1-5-17-23-22-14-25(17)12-9-20-18(19-6-2)21-13-16(4)24-10-7-15(3)8-11-24;/h14-16H,5-13H2,1-4H3,(H2,19,20,21);1H. The highest BCUT2D eigenvalue weighted by molar-refractivity contribution is 14.0. The van der Waals surface area contributed by atoms with Crippen molar-refractivity contribution in [1.29, 1.82) is 0 Å². The molecular formula is C18H36IN7. The molecule has 1 aliphatic rings. The Kier molecular flexibility index (Phi) is 11.1. The van der Waals surface area contributed by atoms with Gasteiger partial charge in [-0.15, -0.1) is 34.2 Å². The number of rotatable bonds is 8. The molecule has 0 aliphatic carbocycles. The summed E-state index contributed by atoms with van der Waals surface area (Å²) in [6.07, 6.45) is 5.32. The lowest BCUT2D eigenvalue weighted by Crippen LogP contribution is -2.43. The van der Waals surface area contributed by atoms with Crippen LogP contribution in [-0.2, 0) is 13.0 Å². The fourth-order valence-corrected chi connectivity index (χ4v) is 3.18. The van der Waals surface area contributed by atoms with Crippen molar-refractivity contribution in [2.24, 2.45) is 10.9 Å². The van der Waals surface area contributed by atoms with E-state index in [-0.39, 0.29) is 24.0 Å². The lowest BCUT2D eigenvalue weighted by atomic mass is 9.98. The molecular weight excluding hydrogens is 441 g/mol. The first-order chi connectivity index (χ1) is 12.1. The summed E-state index contributed by atoms with van der Waals surface area (Å²) in [6, 6.07) is 0.493. The highest BCUT2D eigenvalue weighted by atomic mass is 127. The van der Waals surface area contributed by atoms with Gasteiger partial charge in [0.25, 0.3) is 0 Å². The zero-order chi connectivity index (χ0) is 18.1. The van der Waals surface area contributed by atoms with E-state index in [1.165, 1.54) is 25.9 Å². The SMILES string of the molecule is CCNC(=NCC(C)N1CCC(C)CC1)NCCn1cnnc1CC.I. The Labute approximate surface area is 175 Å². The molecule has 8 heteroatoms. The highest BCUT2D eigenvalue weighted by Crippen LogP contribution is 2.17. The maximum absolute atomic E-state index is 4.78. The molecule has 2 rings (SSSR count). The number of likely N-dealkylation sites (tertiary alicyclic amines) is 1. The highest BCUT2D eigenvalue weighted by Gasteiger charge is 2.19. The van der Waals surface area contributed by atoms with Gasteiger partial charge >= 0.3 is 0 Å². The van der Waals surface area contributed by atoms with E-state index >= 15 is 0 Å². The van der Waals surface area contributed by atoms with Gasteiger partial charge in [0.1, 0.15) is 12.2 Å². The number of nitrogens with zero attached hydrogens (tertiary/aromatic N) is 5. The van der Waals surface area contributed by atoms with Crippen molar-refractivity contribution < 1.29 is 0 Å². The van der Waals surface area contributed by atoms with Crippen LogP contribution in [0.15, 0.2) is 11.3 Å². The third-order valence-electron chi connectivity index (χ3n) is 4.96. The number of aromatic nitrogens is 3. The number of aryl methyl sites for hydroxylation is 1. The first-order valence-corrected chi connectivity index (χ1v) is 9.76. The van der Waals surface area contributed by atoms with E-state index in [0.29, 0.717) is 6.04 Å². The maximum Gasteiger partial charge on any atom is 0.191 e. The Morgan fingerprint density at radius 3 is 2.69 bits per heavy atom. The quantitative estimate of drug-likeness (QED) is 0.341. The number of halogens is 1. The third-order valence-corrected chi connectivity index (χ3v) is 4.96. The Balaban J connectivity index is 0.00000338. The molecule has 0 spiro atoms. The topological polar surface area (TPSA) is 70.4 Å². The number of aliphatic imine (C=N–C) groups is 1. The summed E-state index contributed by atoms with van der Waals surface area (Å²) >= 11 is 0. The van der Waals surface area contributed by atoms with E-state index in [0.717, 1.165) is 50.3 Å². The molecule has 0 aromatic carbocycles. The predicted molar refractivity (Wildman–Crippen MR) is 118 cm³/mol. The second-order valence-electron chi connectivity index (χ2n) is 7.01. The van der Waals surface area contributed by atoms with E-state index in [2.05, 4.69) is 58.0 Å². The molecule has 1 atom stereocenters. The van der Waals surface area contributed by atoms with Crippen molar-refractivity contribution >= 4 is 29.9 Å². The lowest BCUT2D eigenvalue weighted by Gasteiger charge is -2.34. The Morgan fingerprint density at radius 1 is 1.31 bits per heavy atom. The van der Waals surface area contributed by atoms with Gasteiger partial charge in [-0.1, -0.05) is 13.8 Å². The number of guanidine groups is 1. The van der Waals surface area contributed by atoms with Crippen LogP contribution < -0.4 is 10.6 Å². The Morgan fingerprint density at radius 2 is 2.04 bits per heavy atom. The number of hydrogen-bond donors (Lipinski definition) is 2. The number of hydrogen-bond acceptors (Lipinski definition) is 4. The van der Waals surface area contributed by atoms with Crippen LogP contribution in [0.2, 0.25) is 0 Å². The second-order valence-corrected chi connectivity index (χ2v) is 7.01. The Bertz CT molecular complexity index is 523. The van der Waals surface area contributed by atoms with Crippen LogP contribution in [0.3, 0.4) is 0 Å². The van der Waals surface area contributed by atoms with Gasteiger partial charge in [-0.25, -0.2) is 0 Å². The first-order valence-electron chi connectivity index (χ1n) is 9.76. The van der Waals surface area contributed by atoms with Gasteiger partial charge < -0.3 is 15.2 Å². The number of nitrogens with one attached hydrogen (secondary N) is 2. The molecule has 1 aromatic rings. The van der Waals surface area contributed by atoms with E-state index in [1.54, 1.807) is 6.33 Å². The minimum Gasteiger partial charge on any atom is -0.357 e. The molecule has 2 N–H and O–H groups in total.